The Labute approximate surface area is 120 Å². The van der Waals surface area contributed by atoms with Gasteiger partial charge in [0.15, 0.2) is 12.0 Å². The van der Waals surface area contributed by atoms with Gasteiger partial charge in [0.05, 0.1) is 6.54 Å². The van der Waals surface area contributed by atoms with E-state index in [0.29, 0.717) is 0 Å². The normalized spacial score (nSPS) is 12.2. The van der Waals surface area contributed by atoms with Crippen LogP contribution in [-0.4, -0.2) is 40.3 Å². The third kappa shape index (κ3) is 5.45. The van der Waals surface area contributed by atoms with Gasteiger partial charge in [0.25, 0.3) is 5.91 Å². The van der Waals surface area contributed by atoms with E-state index < -0.39 is 41.1 Å². The molecule has 1 unspecified atom stereocenters. The quantitative estimate of drug-likeness (QED) is 0.314. The highest BCUT2D eigenvalue weighted by Crippen LogP contribution is 2.24. The highest BCUT2D eigenvalue weighted by atomic mass is 19.4. The van der Waals surface area contributed by atoms with Gasteiger partial charge in [-0.05, 0) is 26.7 Å². The van der Waals surface area contributed by atoms with Crippen LogP contribution in [0.1, 0.15) is 26.7 Å². The molecular weight excluding hydrogens is 292 g/mol. The summed E-state index contributed by atoms with van der Waals surface area (Å²) >= 11 is 0. The third-order valence-corrected chi connectivity index (χ3v) is 2.90. The van der Waals surface area contributed by atoms with Crippen molar-refractivity contribution in [3.63, 3.8) is 0 Å². The topological polar surface area (TPSA) is 40.6 Å². The van der Waals surface area contributed by atoms with Crippen molar-refractivity contribution in [1.82, 2.24) is 10.2 Å². The minimum Gasteiger partial charge on any atom is -0.320 e. The molecule has 0 saturated carbocycles. The molecule has 118 valence electrons. The van der Waals surface area contributed by atoms with Gasteiger partial charge in [-0.3, -0.25) is 9.59 Å². The lowest BCUT2D eigenvalue weighted by Gasteiger charge is -2.37. The first-order chi connectivity index (χ1) is 9.54. The van der Waals surface area contributed by atoms with E-state index in [1.807, 2.05) is 0 Å². The molecular formula is C13H16F4N2O2. The van der Waals surface area contributed by atoms with E-state index in [4.69, 9.17) is 6.42 Å². The smallest absolute Gasteiger partial charge is 0.317 e. The molecule has 0 spiro atoms. The predicted molar refractivity (Wildman–Crippen MR) is 68.1 cm³/mol. The predicted octanol–water partition coefficient (Wildman–Crippen LogP) is 2.43. The number of hydrogen-bond acceptors (Lipinski definition) is 2. The average Bonchev–Trinajstić information content (AvgIpc) is 2.40. The minimum absolute atomic E-state index is 0.172. The standard InChI is InChI=1S/C13H16F4N2O2/c1-5-8-18(11(20)9(2)14)13(3,4)7-6-10(15)12(21)19(16)17/h1,10H,2,6-8H2,3-4H3. The lowest BCUT2D eigenvalue weighted by Crippen LogP contribution is -2.48. The summed E-state index contributed by atoms with van der Waals surface area (Å²) in [7, 11) is 0. The van der Waals surface area contributed by atoms with Crippen LogP contribution in [0.2, 0.25) is 0 Å². The van der Waals surface area contributed by atoms with E-state index in [1.54, 1.807) is 0 Å². The summed E-state index contributed by atoms with van der Waals surface area (Å²) in [5, 5.41) is -1.84. The third-order valence-electron chi connectivity index (χ3n) is 2.90. The summed E-state index contributed by atoms with van der Waals surface area (Å²) in [5.74, 6) is -2.15. The van der Waals surface area contributed by atoms with Crippen LogP contribution in [0, 0.1) is 12.3 Å². The second-order valence-electron chi connectivity index (χ2n) is 4.89. The van der Waals surface area contributed by atoms with Gasteiger partial charge < -0.3 is 4.90 Å². The molecule has 1 atom stereocenters. The van der Waals surface area contributed by atoms with Crippen molar-refractivity contribution in [3.05, 3.63) is 12.4 Å². The van der Waals surface area contributed by atoms with E-state index in [9.17, 15) is 27.3 Å². The Morgan fingerprint density at radius 1 is 1.38 bits per heavy atom. The molecule has 8 heteroatoms. The van der Waals surface area contributed by atoms with Crippen molar-refractivity contribution < 1.29 is 27.3 Å². The Morgan fingerprint density at radius 2 is 1.90 bits per heavy atom. The van der Waals surface area contributed by atoms with E-state index >= 15 is 0 Å². The van der Waals surface area contributed by atoms with Crippen LogP contribution in [0.5, 0.6) is 0 Å². The fraction of sp³-hybridized carbons (Fsp3) is 0.538. The largest absolute Gasteiger partial charge is 0.320 e. The molecule has 0 aliphatic rings. The molecule has 0 saturated heterocycles. The molecule has 0 aromatic rings. The molecule has 0 fully saturated rings. The molecule has 2 amide bonds. The first kappa shape index (κ1) is 19.0. The maximum Gasteiger partial charge on any atom is 0.317 e. The monoisotopic (exact) mass is 308 g/mol. The Morgan fingerprint density at radius 3 is 2.29 bits per heavy atom. The van der Waals surface area contributed by atoms with E-state index in [1.165, 1.54) is 13.8 Å². The van der Waals surface area contributed by atoms with E-state index in [0.717, 1.165) is 4.90 Å². The molecule has 0 radical (unpaired) electrons. The fourth-order valence-electron chi connectivity index (χ4n) is 1.64. The molecule has 4 nitrogen and oxygen atoms in total. The molecule has 0 rings (SSSR count). The molecule has 0 N–H and O–H groups in total. The van der Waals surface area contributed by atoms with Gasteiger partial charge in [0, 0.05) is 10.9 Å². The van der Waals surface area contributed by atoms with Crippen molar-refractivity contribution in [3.8, 4) is 12.3 Å². The molecule has 0 aromatic carbocycles. The van der Waals surface area contributed by atoms with Crippen molar-refractivity contribution in [2.24, 2.45) is 0 Å². The fourth-order valence-corrected chi connectivity index (χ4v) is 1.64. The Hall–Kier alpha value is -2.04. The second kappa shape index (κ2) is 7.67. The summed E-state index contributed by atoms with van der Waals surface area (Å²) in [6.07, 6.45) is 1.92. The van der Waals surface area contributed by atoms with Gasteiger partial charge in [-0.15, -0.1) is 6.42 Å². The van der Waals surface area contributed by atoms with Gasteiger partial charge in [0.2, 0.25) is 0 Å². The number of halogens is 4. The number of amides is 2. The van der Waals surface area contributed by atoms with Crippen LogP contribution in [0.25, 0.3) is 0 Å². The highest BCUT2D eigenvalue weighted by Gasteiger charge is 2.34. The highest BCUT2D eigenvalue weighted by molar-refractivity contribution is 5.91. The lowest BCUT2D eigenvalue weighted by atomic mass is 9.94. The number of hydrogen-bond donors (Lipinski definition) is 0. The van der Waals surface area contributed by atoms with Crippen molar-refractivity contribution in [2.75, 3.05) is 6.54 Å². The Bertz CT molecular complexity index is 458. The summed E-state index contributed by atoms with van der Waals surface area (Å²) in [6, 6.07) is 0. The van der Waals surface area contributed by atoms with E-state index in [-0.39, 0.29) is 13.0 Å². The van der Waals surface area contributed by atoms with Gasteiger partial charge in [-0.1, -0.05) is 21.5 Å². The van der Waals surface area contributed by atoms with Crippen LogP contribution in [0.4, 0.5) is 17.7 Å². The van der Waals surface area contributed by atoms with Crippen molar-refractivity contribution in [2.45, 2.75) is 38.4 Å². The van der Waals surface area contributed by atoms with Crippen LogP contribution >= 0.6 is 0 Å². The number of carbonyl (C=O) groups excluding carboxylic acids is 2. The maximum atomic E-state index is 13.3. The number of terminal acetylenes is 1. The molecule has 0 aliphatic carbocycles. The van der Waals surface area contributed by atoms with Crippen LogP contribution in [0.3, 0.4) is 0 Å². The van der Waals surface area contributed by atoms with Crippen molar-refractivity contribution in [1.29, 1.82) is 0 Å². The molecule has 0 aliphatic heterocycles. The molecule has 0 heterocycles. The summed E-state index contributed by atoms with van der Waals surface area (Å²) in [6.45, 7) is 5.49. The van der Waals surface area contributed by atoms with Gasteiger partial charge in [-0.2, -0.15) is 0 Å². The van der Waals surface area contributed by atoms with E-state index in [2.05, 4.69) is 12.5 Å². The van der Waals surface area contributed by atoms with Crippen LogP contribution in [-0.2, 0) is 9.59 Å². The minimum atomic E-state index is -2.42. The SMILES string of the molecule is C#CCN(C(=O)C(=C)F)C(C)(C)CCC(F)C(=O)N(F)F. The molecule has 0 aromatic heterocycles. The summed E-state index contributed by atoms with van der Waals surface area (Å²) in [4.78, 5) is 23.3. The van der Waals surface area contributed by atoms with Gasteiger partial charge in [0.1, 0.15) is 0 Å². The number of rotatable bonds is 7. The number of nitrogens with zero attached hydrogens (tertiary/aromatic N) is 2. The van der Waals surface area contributed by atoms with Gasteiger partial charge in [-0.25, -0.2) is 8.78 Å². The lowest BCUT2D eigenvalue weighted by molar-refractivity contribution is -0.193. The molecule has 21 heavy (non-hydrogen) atoms. The van der Waals surface area contributed by atoms with Gasteiger partial charge >= 0.3 is 5.91 Å². The first-order valence-electron chi connectivity index (χ1n) is 5.94. The van der Waals surface area contributed by atoms with Crippen LogP contribution < -0.4 is 0 Å². The Balaban J connectivity index is 4.92. The maximum absolute atomic E-state index is 13.3. The Kier molecular flexibility index (Phi) is 6.92. The molecule has 0 bridgehead atoms. The summed E-state index contributed by atoms with van der Waals surface area (Å²) in [5.41, 5.74) is -1.14. The van der Waals surface area contributed by atoms with Crippen LogP contribution in [0.15, 0.2) is 12.4 Å². The second-order valence-corrected chi connectivity index (χ2v) is 4.89. The average molecular weight is 308 g/mol. The number of alkyl halides is 1. The van der Waals surface area contributed by atoms with Crippen molar-refractivity contribution >= 4 is 11.8 Å². The number of carbonyl (C=O) groups is 2. The zero-order chi connectivity index (χ0) is 16.8. The zero-order valence-electron chi connectivity index (χ0n) is 11.7. The first-order valence-corrected chi connectivity index (χ1v) is 5.94. The zero-order valence-corrected chi connectivity index (χ0v) is 11.7. The summed E-state index contributed by atoms with van der Waals surface area (Å²) < 4.78 is 50.0.